The van der Waals surface area contributed by atoms with Crippen molar-refractivity contribution < 1.29 is 9.15 Å². The van der Waals surface area contributed by atoms with Crippen LogP contribution in [0.5, 0.6) is 5.75 Å². The van der Waals surface area contributed by atoms with Gasteiger partial charge in [0.05, 0.1) is 31.3 Å². The fourth-order valence-electron chi connectivity index (χ4n) is 3.91. The fourth-order valence-corrected chi connectivity index (χ4v) is 3.91. The van der Waals surface area contributed by atoms with Crippen LogP contribution in [-0.4, -0.2) is 51.0 Å². The molecule has 154 valence electrons. The first-order valence-electron chi connectivity index (χ1n) is 10.2. The number of methoxy groups -OCH3 is 1. The van der Waals surface area contributed by atoms with Gasteiger partial charge in [-0.1, -0.05) is 0 Å². The maximum Gasteiger partial charge on any atom is 0.200 e. The highest BCUT2D eigenvalue weighted by Gasteiger charge is 2.21. The number of benzene rings is 1. The number of likely N-dealkylation sites (tertiary alicyclic amines) is 1. The Balaban J connectivity index is 1.32. The fraction of sp³-hybridized carbons (Fsp3) is 0.318. The van der Waals surface area contributed by atoms with E-state index in [0.717, 1.165) is 66.6 Å². The monoisotopic (exact) mass is 404 g/mol. The van der Waals surface area contributed by atoms with Gasteiger partial charge in [0.25, 0.3) is 0 Å². The Morgan fingerprint density at radius 3 is 2.73 bits per heavy atom. The van der Waals surface area contributed by atoms with Gasteiger partial charge < -0.3 is 14.5 Å². The zero-order valence-corrected chi connectivity index (χ0v) is 16.9. The average molecular weight is 404 g/mol. The van der Waals surface area contributed by atoms with Crippen LogP contribution in [0.1, 0.15) is 18.6 Å². The highest BCUT2D eigenvalue weighted by atomic mass is 16.5. The van der Waals surface area contributed by atoms with Crippen molar-refractivity contribution >= 4 is 11.3 Å². The predicted molar refractivity (Wildman–Crippen MR) is 113 cm³/mol. The molecule has 3 aromatic heterocycles. The van der Waals surface area contributed by atoms with Crippen molar-refractivity contribution in [3.8, 4) is 17.0 Å². The Kier molecular flexibility index (Phi) is 5.06. The quantitative estimate of drug-likeness (QED) is 0.527. The van der Waals surface area contributed by atoms with E-state index < -0.39 is 0 Å². The zero-order valence-electron chi connectivity index (χ0n) is 16.9. The lowest BCUT2D eigenvalue weighted by atomic mass is 10.0. The molecular weight excluding hydrogens is 380 g/mol. The molecule has 4 aromatic rings. The van der Waals surface area contributed by atoms with Crippen LogP contribution in [-0.2, 0) is 6.54 Å². The van der Waals surface area contributed by atoms with E-state index in [-0.39, 0.29) is 0 Å². The molecule has 0 radical (unpaired) electrons. The lowest BCUT2D eigenvalue weighted by Crippen LogP contribution is -2.38. The third-order valence-electron chi connectivity index (χ3n) is 5.56. The SMILES string of the molecule is COc1ccc(-c2cc(NC3CCN(Cc4ccco4)CC3)c3nncn3n2)cc1. The van der Waals surface area contributed by atoms with Gasteiger partial charge in [0.2, 0.25) is 5.65 Å². The third kappa shape index (κ3) is 3.86. The van der Waals surface area contributed by atoms with Crippen molar-refractivity contribution in [1.29, 1.82) is 0 Å². The molecule has 0 amide bonds. The lowest BCUT2D eigenvalue weighted by molar-refractivity contribution is 0.197. The molecule has 8 heteroatoms. The van der Waals surface area contributed by atoms with Crippen LogP contribution in [0.2, 0.25) is 0 Å². The first-order valence-corrected chi connectivity index (χ1v) is 10.2. The van der Waals surface area contributed by atoms with E-state index in [0.29, 0.717) is 6.04 Å². The Morgan fingerprint density at radius 2 is 2.00 bits per heavy atom. The Bertz CT molecular complexity index is 1100. The second kappa shape index (κ2) is 8.16. The van der Waals surface area contributed by atoms with E-state index in [1.54, 1.807) is 24.2 Å². The predicted octanol–water partition coefficient (Wildman–Crippen LogP) is 3.47. The van der Waals surface area contributed by atoms with E-state index in [1.165, 1.54) is 0 Å². The number of nitrogens with one attached hydrogen (secondary N) is 1. The third-order valence-corrected chi connectivity index (χ3v) is 5.56. The molecule has 1 aromatic carbocycles. The van der Waals surface area contributed by atoms with Crippen molar-refractivity contribution in [3.63, 3.8) is 0 Å². The van der Waals surface area contributed by atoms with Gasteiger partial charge in [-0.25, -0.2) is 0 Å². The summed E-state index contributed by atoms with van der Waals surface area (Å²) in [6, 6.07) is 14.3. The first kappa shape index (κ1) is 18.6. The summed E-state index contributed by atoms with van der Waals surface area (Å²) in [6.45, 7) is 2.92. The molecule has 0 saturated carbocycles. The summed E-state index contributed by atoms with van der Waals surface area (Å²) in [5.74, 6) is 1.84. The number of rotatable bonds is 6. The highest BCUT2D eigenvalue weighted by Crippen LogP contribution is 2.27. The Hall–Kier alpha value is -3.39. The maximum atomic E-state index is 5.48. The molecule has 0 bridgehead atoms. The summed E-state index contributed by atoms with van der Waals surface area (Å²) in [4.78, 5) is 2.43. The van der Waals surface area contributed by atoms with Crippen LogP contribution in [0.3, 0.4) is 0 Å². The Labute approximate surface area is 174 Å². The van der Waals surface area contributed by atoms with Gasteiger partial charge in [0.1, 0.15) is 17.8 Å². The summed E-state index contributed by atoms with van der Waals surface area (Å²) >= 11 is 0. The standard InChI is InChI=1S/C22H24N6O2/c1-29-18-6-4-16(5-7-18)20-13-21(22-25-23-15-28(22)26-20)24-17-8-10-27(11-9-17)14-19-3-2-12-30-19/h2-7,12-13,15,17,24H,8-11,14H2,1H3. The smallest absolute Gasteiger partial charge is 0.200 e. The van der Waals surface area contributed by atoms with Crippen LogP contribution < -0.4 is 10.1 Å². The molecule has 5 rings (SSSR count). The number of hydrogen-bond donors (Lipinski definition) is 1. The molecular formula is C22H24N6O2. The number of fused-ring (bicyclic) bond motifs is 1. The second-order valence-electron chi connectivity index (χ2n) is 7.54. The first-order chi connectivity index (χ1) is 14.8. The topological polar surface area (TPSA) is 80.7 Å². The average Bonchev–Trinajstić information content (AvgIpc) is 3.47. The van der Waals surface area contributed by atoms with Crippen molar-refractivity contribution in [2.45, 2.75) is 25.4 Å². The summed E-state index contributed by atoms with van der Waals surface area (Å²) in [6.07, 6.45) is 5.49. The molecule has 0 atom stereocenters. The van der Waals surface area contributed by atoms with Gasteiger partial charge in [-0.15, -0.1) is 10.2 Å². The van der Waals surface area contributed by atoms with Crippen molar-refractivity contribution in [2.24, 2.45) is 0 Å². The number of piperidine rings is 1. The van der Waals surface area contributed by atoms with E-state index in [9.17, 15) is 0 Å². The van der Waals surface area contributed by atoms with Gasteiger partial charge in [0.15, 0.2) is 0 Å². The normalized spacial score (nSPS) is 15.5. The molecule has 0 unspecified atom stereocenters. The van der Waals surface area contributed by atoms with Gasteiger partial charge in [-0.2, -0.15) is 9.61 Å². The van der Waals surface area contributed by atoms with E-state index in [4.69, 9.17) is 9.15 Å². The summed E-state index contributed by atoms with van der Waals surface area (Å²) in [5, 5.41) is 16.6. The van der Waals surface area contributed by atoms with Crippen LogP contribution in [0.15, 0.2) is 59.5 Å². The number of furan rings is 1. The second-order valence-corrected chi connectivity index (χ2v) is 7.54. The molecule has 0 aliphatic carbocycles. The molecule has 8 nitrogen and oxygen atoms in total. The van der Waals surface area contributed by atoms with Gasteiger partial charge in [-0.05, 0) is 55.3 Å². The molecule has 1 fully saturated rings. The zero-order chi connectivity index (χ0) is 20.3. The van der Waals surface area contributed by atoms with E-state index >= 15 is 0 Å². The van der Waals surface area contributed by atoms with Crippen LogP contribution in [0.4, 0.5) is 5.69 Å². The number of ether oxygens (including phenoxy) is 1. The molecule has 30 heavy (non-hydrogen) atoms. The minimum absolute atomic E-state index is 0.379. The van der Waals surface area contributed by atoms with Gasteiger partial charge in [0, 0.05) is 24.7 Å². The number of hydrogen-bond acceptors (Lipinski definition) is 7. The Morgan fingerprint density at radius 1 is 1.17 bits per heavy atom. The lowest BCUT2D eigenvalue weighted by Gasteiger charge is -2.32. The minimum atomic E-state index is 0.379. The van der Waals surface area contributed by atoms with Crippen LogP contribution >= 0.6 is 0 Å². The summed E-state index contributed by atoms with van der Waals surface area (Å²) in [7, 11) is 1.67. The largest absolute Gasteiger partial charge is 0.497 e. The molecule has 0 spiro atoms. The number of nitrogens with zero attached hydrogens (tertiary/aromatic N) is 5. The van der Waals surface area contributed by atoms with Crippen molar-refractivity contribution in [3.05, 3.63) is 60.8 Å². The van der Waals surface area contributed by atoms with Crippen molar-refractivity contribution in [2.75, 3.05) is 25.5 Å². The summed E-state index contributed by atoms with van der Waals surface area (Å²) in [5.41, 5.74) is 3.58. The maximum absolute atomic E-state index is 5.48. The number of anilines is 1. The minimum Gasteiger partial charge on any atom is -0.497 e. The number of aromatic nitrogens is 4. The van der Waals surface area contributed by atoms with E-state index in [2.05, 4.69) is 31.6 Å². The van der Waals surface area contributed by atoms with Gasteiger partial charge in [-0.3, -0.25) is 4.90 Å². The van der Waals surface area contributed by atoms with Gasteiger partial charge >= 0.3 is 0 Å². The molecule has 1 aliphatic heterocycles. The molecule has 4 heterocycles. The summed E-state index contributed by atoms with van der Waals surface area (Å²) < 4.78 is 12.5. The highest BCUT2D eigenvalue weighted by molar-refractivity contribution is 5.73. The molecule has 1 aliphatic rings. The van der Waals surface area contributed by atoms with E-state index in [1.807, 2.05) is 36.4 Å². The van der Waals surface area contributed by atoms with Crippen LogP contribution in [0, 0.1) is 0 Å². The van der Waals surface area contributed by atoms with Crippen LogP contribution in [0.25, 0.3) is 16.9 Å². The molecule has 1 saturated heterocycles. The van der Waals surface area contributed by atoms with Crippen molar-refractivity contribution in [1.82, 2.24) is 24.7 Å². The molecule has 1 N–H and O–H groups in total.